The summed E-state index contributed by atoms with van der Waals surface area (Å²) in [7, 11) is 1.23. The number of carbonyl (C=O) groups is 5. The molecule has 1 heterocycles. The number of benzene rings is 2. The molecule has 37 heavy (non-hydrogen) atoms. The molecule has 4 N–H and O–H groups in total. The number of alkyl carbamates (subject to hydrolysis) is 1. The minimum atomic E-state index is -0.804. The minimum absolute atomic E-state index is 0.190. The number of ether oxygens (including phenoxy) is 1. The molecule has 1 saturated heterocycles. The van der Waals surface area contributed by atoms with Crippen molar-refractivity contribution in [2.24, 2.45) is 5.92 Å². The number of hydrogen-bond acceptors (Lipinski definition) is 6. The van der Waals surface area contributed by atoms with Gasteiger partial charge in [-0.15, -0.1) is 0 Å². The molecular formula is C26H31N5O6. The number of hydrogen-bond donors (Lipinski definition) is 4. The lowest BCUT2D eigenvalue weighted by atomic mass is 10.0. The molecule has 2 aromatic rings. The molecule has 1 aliphatic heterocycles. The Morgan fingerprint density at radius 2 is 1.54 bits per heavy atom. The van der Waals surface area contributed by atoms with Crippen molar-refractivity contribution in [3.8, 4) is 0 Å². The predicted octanol–water partition coefficient (Wildman–Crippen LogP) is 2.82. The molecule has 0 aromatic heterocycles. The SMILES string of the molecule is COC(=O)N[C@H](C(=O)N1CCC[C@H]1C(=O)Nc1ccc(NC(=O)c2ccc(NC=O)cc2)cc1)C(C)C. The van der Waals surface area contributed by atoms with E-state index < -0.39 is 18.2 Å². The Morgan fingerprint density at radius 3 is 2.11 bits per heavy atom. The highest BCUT2D eigenvalue weighted by atomic mass is 16.5. The van der Waals surface area contributed by atoms with Crippen LogP contribution < -0.4 is 21.3 Å². The van der Waals surface area contributed by atoms with Gasteiger partial charge in [-0.2, -0.15) is 0 Å². The van der Waals surface area contributed by atoms with Crippen molar-refractivity contribution in [1.82, 2.24) is 10.2 Å². The summed E-state index contributed by atoms with van der Waals surface area (Å²) in [5.74, 6) is -1.17. The van der Waals surface area contributed by atoms with Gasteiger partial charge >= 0.3 is 6.09 Å². The van der Waals surface area contributed by atoms with Crippen LogP contribution in [-0.2, 0) is 19.1 Å². The Labute approximate surface area is 214 Å². The van der Waals surface area contributed by atoms with Gasteiger partial charge < -0.3 is 30.9 Å². The number of nitrogens with zero attached hydrogens (tertiary/aromatic N) is 1. The van der Waals surface area contributed by atoms with Crippen molar-refractivity contribution < 1.29 is 28.7 Å². The zero-order valence-corrected chi connectivity index (χ0v) is 20.9. The van der Waals surface area contributed by atoms with E-state index in [1.54, 1.807) is 48.5 Å². The number of likely N-dealkylation sites (tertiary alicyclic amines) is 1. The summed E-state index contributed by atoms with van der Waals surface area (Å²) in [6.07, 6.45) is 1.04. The second-order valence-electron chi connectivity index (χ2n) is 8.91. The van der Waals surface area contributed by atoms with Crippen LogP contribution in [0, 0.1) is 5.92 Å². The van der Waals surface area contributed by atoms with E-state index in [1.165, 1.54) is 12.0 Å². The van der Waals surface area contributed by atoms with Gasteiger partial charge in [0.2, 0.25) is 18.2 Å². The molecule has 196 valence electrons. The third-order valence-corrected chi connectivity index (χ3v) is 6.01. The van der Waals surface area contributed by atoms with E-state index >= 15 is 0 Å². The van der Waals surface area contributed by atoms with Gasteiger partial charge in [-0.05, 0) is 67.3 Å². The number of methoxy groups -OCH3 is 1. The maximum Gasteiger partial charge on any atom is 0.407 e. The lowest BCUT2D eigenvalue weighted by Gasteiger charge is -2.30. The van der Waals surface area contributed by atoms with Crippen LogP contribution in [0.3, 0.4) is 0 Å². The lowest BCUT2D eigenvalue weighted by molar-refractivity contribution is -0.139. The Morgan fingerprint density at radius 1 is 0.946 bits per heavy atom. The molecule has 11 heteroatoms. The van der Waals surface area contributed by atoms with Crippen LogP contribution in [0.4, 0.5) is 21.9 Å². The quantitative estimate of drug-likeness (QED) is 0.383. The summed E-state index contributed by atoms with van der Waals surface area (Å²) >= 11 is 0. The Kier molecular flexibility index (Phi) is 9.20. The van der Waals surface area contributed by atoms with Crippen LogP contribution >= 0.6 is 0 Å². The van der Waals surface area contributed by atoms with E-state index in [2.05, 4.69) is 26.0 Å². The van der Waals surface area contributed by atoms with Crippen LogP contribution in [0.5, 0.6) is 0 Å². The van der Waals surface area contributed by atoms with Crippen LogP contribution in [0.1, 0.15) is 37.0 Å². The average Bonchev–Trinajstić information content (AvgIpc) is 3.38. The van der Waals surface area contributed by atoms with Gasteiger partial charge in [-0.1, -0.05) is 13.8 Å². The highest BCUT2D eigenvalue weighted by Crippen LogP contribution is 2.23. The topological polar surface area (TPSA) is 146 Å². The van der Waals surface area contributed by atoms with E-state index in [9.17, 15) is 24.0 Å². The Balaban J connectivity index is 1.60. The second-order valence-corrected chi connectivity index (χ2v) is 8.91. The summed E-state index contributed by atoms with van der Waals surface area (Å²) in [5.41, 5.74) is 2.04. The van der Waals surface area contributed by atoms with E-state index in [0.717, 1.165) is 0 Å². The molecular weight excluding hydrogens is 478 g/mol. The first-order valence-electron chi connectivity index (χ1n) is 11.9. The number of nitrogens with one attached hydrogen (secondary N) is 4. The zero-order chi connectivity index (χ0) is 26.9. The van der Waals surface area contributed by atoms with Gasteiger partial charge in [0.1, 0.15) is 12.1 Å². The molecule has 0 saturated carbocycles. The summed E-state index contributed by atoms with van der Waals surface area (Å²) in [4.78, 5) is 62.3. The summed E-state index contributed by atoms with van der Waals surface area (Å²) in [6, 6.07) is 11.6. The minimum Gasteiger partial charge on any atom is -0.453 e. The van der Waals surface area contributed by atoms with Gasteiger partial charge in [-0.25, -0.2) is 4.79 Å². The molecule has 0 aliphatic carbocycles. The van der Waals surface area contributed by atoms with Gasteiger partial charge in [0.05, 0.1) is 7.11 Å². The molecule has 2 aromatic carbocycles. The normalized spacial score (nSPS) is 15.5. The van der Waals surface area contributed by atoms with E-state index in [-0.39, 0.29) is 23.6 Å². The third-order valence-electron chi connectivity index (χ3n) is 6.01. The Hall–Kier alpha value is -4.41. The van der Waals surface area contributed by atoms with Crippen molar-refractivity contribution in [1.29, 1.82) is 0 Å². The first kappa shape index (κ1) is 27.2. The fourth-order valence-corrected chi connectivity index (χ4v) is 4.03. The molecule has 5 amide bonds. The fraction of sp³-hybridized carbons (Fsp3) is 0.346. The van der Waals surface area contributed by atoms with Gasteiger partial charge in [0.15, 0.2) is 0 Å². The van der Waals surface area contributed by atoms with Gasteiger partial charge in [-0.3, -0.25) is 19.2 Å². The van der Waals surface area contributed by atoms with Crippen LogP contribution in [0.2, 0.25) is 0 Å². The Bertz CT molecular complexity index is 1130. The monoisotopic (exact) mass is 509 g/mol. The van der Waals surface area contributed by atoms with Gasteiger partial charge in [0, 0.05) is 29.2 Å². The molecule has 0 unspecified atom stereocenters. The number of amides is 5. The molecule has 0 bridgehead atoms. The van der Waals surface area contributed by atoms with Crippen molar-refractivity contribution in [2.75, 3.05) is 29.6 Å². The van der Waals surface area contributed by atoms with Crippen molar-refractivity contribution in [2.45, 2.75) is 38.8 Å². The molecule has 3 rings (SSSR count). The zero-order valence-electron chi connectivity index (χ0n) is 20.9. The highest BCUT2D eigenvalue weighted by molar-refractivity contribution is 6.05. The first-order valence-corrected chi connectivity index (χ1v) is 11.9. The smallest absolute Gasteiger partial charge is 0.407 e. The fourth-order valence-electron chi connectivity index (χ4n) is 4.03. The third kappa shape index (κ3) is 7.06. The van der Waals surface area contributed by atoms with Gasteiger partial charge in [0.25, 0.3) is 5.91 Å². The number of rotatable bonds is 9. The molecule has 0 radical (unpaired) electrons. The molecule has 11 nitrogen and oxygen atoms in total. The first-order chi connectivity index (χ1) is 17.7. The molecule has 0 spiro atoms. The summed E-state index contributed by atoms with van der Waals surface area (Å²) in [6.45, 7) is 4.04. The standard InChI is InChI=1S/C26H31N5O6/c1-16(2)22(30-26(36)37-3)25(35)31-14-4-5-21(31)24(34)29-20-12-10-19(11-13-20)28-23(33)17-6-8-18(9-7-17)27-15-32/h6-13,15-16,21-22H,4-5,14H2,1-3H3,(H,27,32)(H,28,33)(H,29,34)(H,30,36)/t21-,22-/m0/s1. The van der Waals surface area contributed by atoms with Crippen molar-refractivity contribution >= 4 is 47.3 Å². The van der Waals surface area contributed by atoms with E-state index in [4.69, 9.17) is 0 Å². The van der Waals surface area contributed by atoms with Crippen molar-refractivity contribution in [3.05, 3.63) is 54.1 Å². The van der Waals surface area contributed by atoms with Crippen LogP contribution in [-0.4, -0.2) is 60.9 Å². The van der Waals surface area contributed by atoms with Crippen molar-refractivity contribution in [3.63, 3.8) is 0 Å². The largest absolute Gasteiger partial charge is 0.453 e. The lowest BCUT2D eigenvalue weighted by Crippen LogP contribution is -2.54. The number of anilines is 3. The predicted molar refractivity (Wildman–Crippen MR) is 138 cm³/mol. The van der Waals surface area contributed by atoms with E-state index in [1.807, 2.05) is 13.8 Å². The highest BCUT2D eigenvalue weighted by Gasteiger charge is 2.38. The molecule has 1 fully saturated rings. The molecule has 1 aliphatic rings. The maximum atomic E-state index is 13.1. The van der Waals surface area contributed by atoms with E-state index in [0.29, 0.717) is 48.4 Å². The number of carbonyl (C=O) groups excluding carboxylic acids is 5. The summed E-state index contributed by atoms with van der Waals surface area (Å²) in [5, 5.41) is 10.7. The maximum absolute atomic E-state index is 13.1. The van der Waals surface area contributed by atoms with Crippen LogP contribution in [0.15, 0.2) is 48.5 Å². The molecule has 2 atom stereocenters. The average molecular weight is 510 g/mol. The van der Waals surface area contributed by atoms with Crippen LogP contribution in [0.25, 0.3) is 0 Å². The summed E-state index contributed by atoms with van der Waals surface area (Å²) < 4.78 is 4.63. The second kappa shape index (κ2) is 12.5.